The predicted molar refractivity (Wildman–Crippen MR) is 91.8 cm³/mol. The molecule has 5 nitrogen and oxygen atoms in total. The summed E-state index contributed by atoms with van der Waals surface area (Å²) in [4.78, 5) is 32.4. The van der Waals surface area contributed by atoms with Crippen LogP contribution >= 0.6 is 0 Å². The SMILES string of the molecule is C=C(C)C(=O)OOC(=O)/C(C)=C1/CCCCCCCCCCCO1. The Bertz CT molecular complexity index is 448. The average molecular weight is 338 g/mol. The van der Waals surface area contributed by atoms with Crippen molar-refractivity contribution in [2.75, 3.05) is 6.61 Å². The molecule has 0 unspecified atom stereocenters. The molecule has 1 fully saturated rings. The summed E-state index contributed by atoms with van der Waals surface area (Å²) in [5.74, 6) is -0.799. The van der Waals surface area contributed by atoms with Gasteiger partial charge in [-0.05, 0) is 26.7 Å². The molecule has 0 aromatic carbocycles. The maximum atomic E-state index is 12.0. The third kappa shape index (κ3) is 8.18. The van der Waals surface area contributed by atoms with Crippen LogP contribution < -0.4 is 0 Å². The average Bonchev–Trinajstić information content (AvgIpc) is 2.59. The highest BCUT2D eigenvalue weighted by Gasteiger charge is 2.17. The molecule has 24 heavy (non-hydrogen) atoms. The van der Waals surface area contributed by atoms with Crippen molar-refractivity contribution in [1.29, 1.82) is 0 Å². The van der Waals surface area contributed by atoms with Gasteiger partial charge in [-0.15, -0.1) is 0 Å². The topological polar surface area (TPSA) is 61.8 Å². The van der Waals surface area contributed by atoms with Gasteiger partial charge in [-0.2, -0.15) is 0 Å². The fourth-order valence-corrected chi connectivity index (χ4v) is 2.51. The highest BCUT2D eigenvalue weighted by Crippen LogP contribution is 2.20. The van der Waals surface area contributed by atoms with Crippen LogP contribution in [0.3, 0.4) is 0 Å². The van der Waals surface area contributed by atoms with Crippen molar-refractivity contribution in [1.82, 2.24) is 0 Å². The van der Waals surface area contributed by atoms with E-state index in [-0.39, 0.29) is 5.57 Å². The fourth-order valence-electron chi connectivity index (χ4n) is 2.51. The summed E-state index contributed by atoms with van der Waals surface area (Å²) in [5, 5.41) is 0. The van der Waals surface area contributed by atoms with Crippen LogP contribution in [0.2, 0.25) is 0 Å². The lowest BCUT2D eigenvalue weighted by atomic mass is 10.1. The second kappa shape index (κ2) is 11.7. The highest BCUT2D eigenvalue weighted by atomic mass is 17.2. The van der Waals surface area contributed by atoms with Gasteiger partial charge < -0.3 is 4.74 Å². The summed E-state index contributed by atoms with van der Waals surface area (Å²) in [6.45, 7) is 7.16. The molecule has 1 aliphatic rings. The Hall–Kier alpha value is -1.78. The molecule has 0 atom stereocenters. The van der Waals surface area contributed by atoms with Crippen molar-refractivity contribution < 1.29 is 24.1 Å². The number of allylic oxidation sites excluding steroid dienone is 1. The minimum Gasteiger partial charge on any atom is -0.497 e. The summed E-state index contributed by atoms with van der Waals surface area (Å²) in [7, 11) is 0. The standard InChI is InChI=1S/C19H30O5/c1-15(2)18(20)23-24-19(21)16(3)17-13-11-9-7-5-4-6-8-10-12-14-22-17/h1,4-14H2,2-3H3/b17-16-. The molecule has 0 bridgehead atoms. The molecule has 0 aromatic rings. The third-order valence-electron chi connectivity index (χ3n) is 4.09. The minimum absolute atomic E-state index is 0.173. The number of carbonyl (C=O) groups is 2. The second-order valence-corrected chi connectivity index (χ2v) is 6.35. The third-order valence-corrected chi connectivity index (χ3v) is 4.09. The number of carbonyl (C=O) groups excluding carboxylic acids is 2. The van der Waals surface area contributed by atoms with Crippen molar-refractivity contribution in [3.63, 3.8) is 0 Å². The summed E-state index contributed by atoms with van der Waals surface area (Å²) in [6.07, 6.45) is 11.3. The first kappa shape index (κ1) is 20.3. The second-order valence-electron chi connectivity index (χ2n) is 6.35. The monoisotopic (exact) mass is 338 g/mol. The quantitative estimate of drug-likeness (QED) is 0.412. The molecule has 0 spiro atoms. The Labute approximate surface area is 145 Å². The van der Waals surface area contributed by atoms with Crippen molar-refractivity contribution in [2.24, 2.45) is 0 Å². The lowest BCUT2D eigenvalue weighted by molar-refractivity contribution is -0.252. The van der Waals surface area contributed by atoms with Gasteiger partial charge >= 0.3 is 11.9 Å². The summed E-state index contributed by atoms with van der Waals surface area (Å²) in [6, 6.07) is 0. The molecular weight excluding hydrogens is 308 g/mol. The van der Waals surface area contributed by atoms with Crippen LogP contribution in [-0.4, -0.2) is 18.5 Å². The van der Waals surface area contributed by atoms with E-state index in [9.17, 15) is 9.59 Å². The van der Waals surface area contributed by atoms with Crippen LogP contribution in [-0.2, 0) is 24.1 Å². The molecule has 0 amide bonds. The van der Waals surface area contributed by atoms with Crippen molar-refractivity contribution >= 4 is 11.9 Å². The Morgan fingerprint density at radius 1 is 0.833 bits per heavy atom. The molecule has 1 saturated heterocycles. The van der Waals surface area contributed by atoms with Crippen molar-refractivity contribution in [3.05, 3.63) is 23.5 Å². The number of rotatable bonds is 2. The zero-order chi connectivity index (χ0) is 17.8. The van der Waals surface area contributed by atoms with Crippen LogP contribution in [0.4, 0.5) is 0 Å². The predicted octanol–water partition coefficient (Wildman–Crippen LogP) is 4.77. The van der Waals surface area contributed by atoms with Gasteiger partial charge in [-0.1, -0.05) is 51.5 Å². The van der Waals surface area contributed by atoms with Gasteiger partial charge in [0, 0.05) is 12.0 Å². The number of ether oxygens (including phenoxy) is 1. The van der Waals surface area contributed by atoms with Crippen LogP contribution in [0.5, 0.6) is 0 Å². The molecule has 1 rings (SSSR count). The van der Waals surface area contributed by atoms with E-state index >= 15 is 0 Å². The highest BCUT2D eigenvalue weighted by molar-refractivity contribution is 5.90. The fraction of sp³-hybridized carbons (Fsp3) is 0.684. The van der Waals surface area contributed by atoms with Gasteiger partial charge in [0.1, 0.15) is 5.76 Å². The maximum Gasteiger partial charge on any atom is 0.385 e. The van der Waals surface area contributed by atoms with Gasteiger partial charge in [0.25, 0.3) is 0 Å². The van der Waals surface area contributed by atoms with E-state index in [0.29, 0.717) is 24.4 Å². The van der Waals surface area contributed by atoms with Crippen molar-refractivity contribution in [3.8, 4) is 0 Å². The molecule has 0 radical (unpaired) electrons. The van der Waals surface area contributed by atoms with Crippen LogP contribution in [0, 0.1) is 0 Å². The van der Waals surface area contributed by atoms with E-state index in [4.69, 9.17) is 4.74 Å². The first-order valence-electron chi connectivity index (χ1n) is 8.93. The smallest absolute Gasteiger partial charge is 0.385 e. The van der Waals surface area contributed by atoms with Crippen LogP contribution in [0.15, 0.2) is 23.5 Å². The first-order chi connectivity index (χ1) is 11.5. The lowest BCUT2D eigenvalue weighted by Gasteiger charge is -2.13. The Kier molecular flexibility index (Phi) is 9.89. The molecule has 0 aliphatic carbocycles. The molecule has 1 heterocycles. The zero-order valence-corrected chi connectivity index (χ0v) is 15.0. The van der Waals surface area contributed by atoms with Gasteiger partial charge in [-0.3, -0.25) is 0 Å². The largest absolute Gasteiger partial charge is 0.497 e. The van der Waals surface area contributed by atoms with E-state index in [1.807, 2.05) is 0 Å². The van der Waals surface area contributed by atoms with Gasteiger partial charge in [-0.25, -0.2) is 19.4 Å². The lowest BCUT2D eigenvalue weighted by Crippen LogP contribution is -2.14. The Balaban J connectivity index is 2.62. The normalized spacial score (nSPS) is 19.6. The number of hydrogen-bond acceptors (Lipinski definition) is 5. The molecule has 0 N–H and O–H groups in total. The Morgan fingerprint density at radius 3 is 1.92 bits per heavy atom. The molecule has 136 valence electrons. The van der Waals surface area contributed by atoms with Crippen molar-refractivity contribution in [2.45, 2.75) is 78.1 Å². The van der Waals surface area contributed by atoms with Crippen LogP contribution in [0.1, 0.15) is 78.1 Å². The maximum absolute atomic E-state index is 12.0. The van der Waals surface area contributed by atoms with E-state index < -0.39 is 11.9 Å². The van der Waals surface area contributed by atoms with E-state index in [0.717, 1.165) is 25.7 Å². The molecule has 1 aliphatic heterocycles. The minimum atomic E-state index is -0.753. The molecule has 0 saturated carbocycles. The summed E-state index contributed by atoms with van der Waals surface area (Å²) < 4.78 is 5.81. The zero-order valence-electron chi connectivity index (χ0n) is 15.0. The van der Waals surface area contributed by atoms with E-state index in [1.54, 1.807) is 6.92 Å². The van der Waals surface area contributed by atoms with Gasteiger partial charge in [0.05, 0.1) is 12.2 Å². The molecular formula is C19H30O5. The van der Waals surface area contributed by atoms with E-state index in [1.165, 1.54) is 39.0 Å². The van der Waals surface area contributed by atoms with Gasteiger partial charge in [0.2, 0.25) is 0 Å². The molecule has 5 heteroatoms. The Morgan fingerprint density at radius 2 is 1.33 bits per heavy atom. The van der Waals surface area contributed by atoms with Crippen LogP contribution in [0.25, 0.3) is 0 Å². The van der Waals surface area contributed by atoms with Gasteiger partial charge in [0.15, 0.2) is 0 Å². The molecule has 0 aromatic heterocycles. The summed E-state index contributed by atoms with van der Waals surface area (Å²) in [5.41, 5.74) is 0.533. The van der Waals surface area contributed by atoms with E-state index in [2.05, 4.69) is 16.4 Å². The number of hydrogen-bond donors (Lipinski definition) is 0. The first-order valence-corrected chi connectivity index (χ1v) is 8.93. The summed E-state index contributed by atoms with van der Waals surface area (Å²) >= 11 is 0.